The van der Waals surface area contributed by atoms with E-state index in [4.69, 9.17) is 4.74 Å². The summed E-state index contributed by atoms with van der Waals surface area (Å²) in [6.07, 6.45) is 2.38. The quantitative estimate of drug-likeness (QED) is 0.794. The van der Waals surface area contributed by atoms with Crippen LogP contribution in [0.2, 0.25) is 0 Å². The molecule has 10 heteroatoms. The van der Waals surface area contributed by atoms with Crippen molar-refractivity contribution in [3.8, 4) is 5.69 Å². The van der Waals surface area contributed by atoms with Crippen molar-refractivity contribution in [3.63, 3.8) is 0 Å². The van der Waals surface area contributed by atoms with Gasteiger partial charge in [0.25, 0.3) is 0 Å². The van der Waals surface area contributed by atoms with Crippen LogP contribution >= 0.6 is 0 Å². The summed E-state index contributed by atoms with van der Waals surface area (Å²) in [6, 6.07) is 10.7. The fourth-order valence-electron chi connectivity index (χ4n) is 2.66. The summed E-state index contributed by atoms with van der Waals surface area (Å²) in [4.78, 5) is 12.2. The lowest BCUT2D eigenvalue weighted by molar-refractivity contribution is 0.00167. The van der Waals surface area contributed by atoms with E-state index in [1.165, 1.54) is 10.6 Å². The predicted octanol–water partition coefficient (Wildman–Crippen LogP) is 0.654. The molecule has 0 saturated carbocycles. The molecule has 2 N–H and O–H groups in total. The summed E-state index contributed by atoms with van der Waals surface area (Å²) in [5, 5.41) is 9.64. The van der Waals surface area contributed by atoms with Gasteiger partial charge in [0, 0.05) is 25.7 Å². The highest BCUT2D eigenvalue weighted by Crippen LogP contribution is 2.14. The van der Waals surface area contributed by atoms with E-state index in [1.807, 2.05) is 30.3 Å². The molecular formula is C16H21N5O4S. The Morgan fingerprint density at radius 2 is 2.08 bits per heavy atom. The number of amides is 2. The lowest BCUT2D eigenvalue weighted by Crippen LogP contribution is -2.49. The molecule has 9 nitrogen and oxygen atoms in total. The van der Waals surface area contributed by atoms with Crippen molar-refractivity contribution >= 4 is 21.9 Å². The second-order valence-electron chi connectivity index (χ2n) is 5.91. The molecule has 2 amide bonds. The van der Waals surface area contributed by atoms with E-state index in [0.717, 1.165) is 5.69 Å². The molecule has 0 spiro atoms. The zero-order chi connectivity index (χ0) is 18.6. The smallest absolute Gasteiger partial charge is 0.320 e. The molecule has 26 heavy (non-hydrogen) atoms. The largest absolute Gasteiger partial charge is 0.374 e. The average molecular weight is 379 g/mol. The Bertz CT molecular complexity index is 853. The number of morpholine rings is 1. The van der Waals surface area contributed by atoms with E-state index >= 15 is 0 Å². The monoisotopic (exact) mass is 379 g/mol. The van der Waals surface area contributed by atoms with Gasteiger partial charge in [-0.25, -0.2) is 17.9 Å². The molecule has 3 rings (SSSR count). The highest BCUT2D eigenvalue weighted by molar-refractivity contribution is 7.88. The lowest BCUT2D eigenvalue weighted by atomic mass is 10.3. The third kappa shape index (κ3) is 4.59. The van der Waals surface area contributed by atoms with Crippen molar-refractivity contribution < 1.29 is 17.9 Å². The number of hydrogen-bond donors (Lipinski definition) is 2. The first-order valence-electron chi connectivity index (χ1n) is 8.14. The van der Waals surface area contributed by atoms with E-state index in [-0.39, 0.29) is 19.2 Å². The van der Waals surface area contributed by atoms with Crippen LogP contribution in [0, 0.1) is 0 Å². The summed E-state index contributed by atoms with van der Waals surface area (Å²) in [6.45, 7) is 1.07. The Hall–Kier alpha value is -2.43. The van der Waals surface area contributed by atoms with Gasteiger partial charge in [0.15, 0.2) is 0 Å². The number of aromatic nitrogens is 2. The second kappa shape index (κ2) is 7.85. The molecule has 1 aromatic carbocycles. The van der Waals surface area contributed by atoms with Gasteiger partial charge in [0.2, 0.25) is 10.0 Å². The van der Waals surface area contributed by atoms with Crippen LogP contribution in [-0.4, -0.2) is 67.1 Å². The van der Waals surface area contributed by atoms with Gasteiger partial charge in [-0.05, 0) is 12.1 Å². The topological polar surface area (TPSA) is 106 Å². The molecule has 1 aromatic heterocycles. The van der Waals surface area contributed by atoms with E-state index in [2.05, 4.69) is 15.7 Å². The number of urea groups is 1. The van der Waals surface area contributed by atoms with Crippen LogP contribution in [0.5, 0.6) is 0 Å². The fraction of sp³-hybridized carbons (Fsp3) is 0.375. The van der Waals surface area contributed by atoms with Gasteiger partial charge in [-0.3, -0.25) is 5.32 Å². The Labute approximate surface area is 152 Å². The zero-order valence-corrected chi connectivity index (χ0v) is 15.1. The lowest BCUT2D eigenvalue weighted by Gasteiger charge is -2.31. The summed E-state index contributed by atoms with van der Waals surface area (Å²) in [5.41, 5.74) is 0.826. The SMILES string of the molecule is CS(=O)(=O)N1CCO[C@@H](CNC(=O)Nc2ccnn2-c2ccccc2)C1. The molecule has 1 aliphatic heterocycles. The molecule has 0 radical (unpaired) electrons. The molecule has 1 atom stereocenters. The van der Waals surface area contributed by atoms with Crippen LogP contribution in [0.15, 0.2) is 42.6 Å². The molecule has 2 aromatic rings. The Balaban J connectivity index is 1.55. The molecule has 1 aliphatic rings. The van der Waals surface area contributed by atoms with Gasteiger partial charge in [0.1, 0.15) is 5.82 Å². The normalized spacial score (nSPS) is 18.4. The maximum atomic E-state index is 12.2. The van der Waals surface area contributed by atoms with Crippen molar-refractivity contribution in [2.24, 2.45) is 0 Å². The van der Waals surface area contributed by atoms with Crippen LogP contribution in [0.1, 0.15) is 0 Å². The van der Waals surface area contributed by atoms with E-state index in [1.54, 1.807) is 16.9 Å². The number of para-hydroxylation sites is 1. The van der Waals surface area contributed by atoms with Crippen LogP contribution in [-0.2, 0) is 14.8 Å². The number of sulfonamides is 1. The van der Waals surface area contributed by atoms with Crippen molar-refractivity contribution in [3.05, 3.63) is 42.6 Å². The molecule has 0 bridgehead atoms. The Morgan fingerprint density at radius 3 is 2.81 bits per heavy atom. The van der Waals surface area contributed by atoms with Crippen LogP contribution < -0.4 is 10.6 Å². The number of carbonyl (C=O) groups excluding carboxylic acids is 1. The third-order valence-corrected chi connectivity index (χ3v) is 5.22. The summed E-state index contributed by atoms with van der Waals surface area (Å²) < 4.78 is 31.7. The van der Waals surface area contributed by atoms with Gasteiger partial charge in [-0.1, -0.05) is 18.2 Å². The number of ether oxygens (including phenoxy) is 1. The summed E-state index contributed by atoms with van der Waals surface area (Å²) in [5.74, 6) is 0.524. The molecule has 140 valence electrons. The van der Waals surface area contributed by atoms with Crippen LogP contribution in [0.3, 0.4) is 0 Å². The maximum Gasteiger partial charge on any atom is 0.320 e. The number of hydrogen-bond acceptors (Lipinski definition) is 5. The van der Waals surface area contributed by atoms with Gasteiger partial charge < -0.3 is 10.1 Å². The molecule has 1 fully saturated rings. The van der Waals surface area contributed by atoms with Crippen molar-refractivity contribution in [2.75, 3.05) is 37.8 Å². The van der Waals surface area contributed by atoms with E-state index in [0.29, 0.717) is 19.0 Å². The minimum Gasteiger partial charge on any atom is -0.374 e. The first kappa shape index (κ1) is 18.4. The predicted molar refractivity (Wildman–Crippen MR) is 96.7 cm³/mol. The first-order chi connectivity index (χ1) is 12.4. The number of benzene rings is 1. The number of carbonyl (C=O) groups is 1. The van der Waals surface area contributed by atoms with Crippen LogP contribution in [0.4, 0.5) is 10.6 Å². The molecule has 0 unspecified atom stereocenters. The number of nitrogens with one attached hydrogen (secondary N) is 2. The molecule has 1 saturated heterocycles. The number of anilines is 1. The van der Waals surface area contributed by atoms with Gasteiger partial charge in [-0.2, -0.15) is 9.40 Å². The van der Waals surface area contributed by atoms with Crippen molar-refractivity contribution in [2.45, 2.75) is 6.10 Å². The Kier molecular flexibility index (Phi) is 5.55. The minimum absolute atomic E-state index is 0.206. The maximum absolute atomic E-state index is 12.2. The number of rotatable bonds is 5. The van der Waals surface area contributed by atoms with Crippen molar-refractivity contribution in [1.82, 2.24) is 19.4 Å². The number of nitrogens with zero attached hydrogens (tertiary/aromatic N) is 3. The highest BCUT2D eigenvalue weighted by Gasteiger charge is 2.26. The molecular weight excluding hydrogens is 358 g/mol. The molecule has 0 aliphatic carbocycles. The second-order valence-corrected chi connectivity index (χ2v) is 7.90. The zero-order valence-electron chi connectivity index (χ0n) is 14.3. The van der Waals surface area contributed by atoms with Crippen molar-refractivity contribution in [1.29, 1.82) is 0 Å². The summed E-state index contributed by atoms with van der Waals surface area (Å²) in [7, 11) is -3.26. The van der Waals surface area contributed by atoms with E-state index < -0.39 is 16.1 Å². The molecule has 2 heterocycles. The highest BCUT2D eigenvalue weighted by atomic mass is 32.2. The fourth-order valence-corrected chi connectivity index (χ4v) is 3.50. The van der Waals surface area contributed by atoms with E-state index in [9.17, 15) is 13.2 Å². The van der Waals surface area contributed by atoms with Crippen LogP contribution in [0.25, 0.3) is 5.69 Å². The average Bonchev–Trinajstić information content (AvgIpc) is 3.08. The first-order valence-corrected chi connectivity index (χ1v) is 9.99. The Morgan fingerprint density at radius 1 is 1.31 bits per heavy atom. The van der Waals surface area contributed by atoms with Gasteiger partial charge >= 0.3 is 6.03 Å². The standard InChI is InChI=1S/C16H21N5O4S/c1-26(23,24)20-9-10-25-14(12-20)11-17-16(22)19-15-7-8-18-21(15)13-5-3-2-4-6-13/h2-8,14H,9-12H2,1H3,(H2,17,19,22)/t14-/m0/s1. The third-order valence-electron chi connectivity index (χ3n) is 3.95. The minimum atomic E-state index is -3.26. The summed E-state index contributed by atoms with van der Waals surface area (Å²) >= 11 is 0. The van der Waals surface area contributed by atoms with Gasteiger partial charge in [-0.15, -0.1) is 0 Å². The van der Waals surface area contributed by atoms with Gasteiger partial charge in [0.05, 0.1) is 30.9 Å².